The number of unbranched alkanes of at least 4 members (excludes halogenated alkanes) is 2. The van der Waals surface area contributed by atoms with Gasteiger partial charge in [-0.2, -0.15) is 0 Å². The van der Waals surface area contributed by atoms with Gasteiger partial charge in [-0.1, -0.05) is 33.1 Å². The van der Waals surface area contributed by atoms with Gasteiger partial charge in [0.1, 0.15) is 0 Å². The van der Waals surface area contributed by atoms with Crippen LogP contribution in [0.15, 0.2) is 0 Å². The number of hydrogen-bond acceptors (Lipinski definition) is 5. The third-order valence-electron chi connectivity index (χ3n) is 2.15. The van der Waals surface area contributed by atoms with E-state index in [0.29, 0.717) is 52.8 Å². The molecule has 19 heavy (non-hydrogen) atoms. The van der Waals surface area contributed by atoms with Gasteiger partial charge < -0.3 is 24.7 Å². The highest BCUT2D eigenvalue weighted by molar-refractivity contribution is 4.34. The molecule has 0 aliphatic carbocycles. The topological polar surface area (TPSA) is 62.9 Å². The summed E-state index contributed by atoms with van der Waals surface area (Å²) >= 11 is 0. The lowest BCUT2D eigenvalue weighted by Gasteiger charge is -2.05. The van der Waals surface area contributed by atoms with Crippen molar-refractivity contribution in [2.75, 3.05) is 59.9 Å². The van der Waals surface area contributed by atoms with Crippen LogP contribution in [0.2, 0.25) is 0 Å². The zero-order valence-corrected chi connectivity index (χ0v) is 13.0. The molecule has 0 heterocycles. The van der Waals surface area contributed by atoms with Crippen molar-refractivity contribution in [3.8, 4) is 0 Å². The summed E-state index contributed by atoms with van der Waals surface area (Å²) in [5.41, 5.74) is 5.24. The lowest BCUT2D eigenvalue weighted by molar-refractivity contribution is 0.00468. The molecule has 0 aromatic carbocycles. The number of ether oxygens (including phenoxy) is 4. The molecule has 0 saturated heterocycles. The second-order valence-electron chi connectivity index (χ2n) is 3.97. The summed E-state index contributed by atoms with van der Waals surface area (Å²) in [4.78, 5) is 0. The van der Waals surface area contributed by atoms with Crippen LogP contribution < -0.4 is 5.73 Å². The maximum absolute atomic E-state index is 5.24. The Balaban J connectivity index is 0. The maximum Gasteiger partial charge on any atom is 0.0701 e. The molecule has 0 amide bonds. The van der Waals surface area contributed by atoms with Gasteiger partial charge >= 0.3 is 0 Å². The molecule has 0 bridgehead atoms. The van der Waals surface area contributed by atoms with Crippen molar-refractivity contribution in [3.63, 3.8) is 0 Å². The molecule has 5 nitrogen and oxygen atoms in total. The molecule has 0 spiro atoms. The number of rotatable bonds is 13. The van der Waals surface area contributed by atoms with Gasteiger partial charge in [-0.15, -0.1) is 0 Å². The fraction of sp³-hybridized carbons (Fsp3) is 1.00. The number of methoxy groups -OCH3 is 1. The van der Waals surface area contributed by atoms with Crippen LogP contribution in [0.3, 0.4) is 0 Å². The lowest BCUT2D eigenvalue weighted by Crippen LogP contribution is -2.14. The third-order valence-corrected chi connectivity index (χ3v) is 2.15. The molecular formula is C14H33NO4. The number of hydrogen-bond donors (Lipinski definition) is 1. The molecule has 0 aromatic heterocycles. The van der Waals surface area contributed by atoms with Gasteiger partial charge in [0.2, 0.25) is 0 Å². The van der Waals surface area contributed by atoms with Crippen molar-refractivity contribution in [2.24, 2.45) is 5.73 Å². The highest BCUT2D eigenvalue weighted by atomic mass is 16.6. The summed E-state index contributed by atoms with van der Waals surface area (Å²) in [6, 6.07) is 0. The molecular weight excluding hydrogens is 246 g/mol. The van der Waals surface area contributed by atoms with E-state index in [9.17, 15) is 0 Å². The Kier molecular flexibility index (Phi) is 25.5. The average Bonchev–Trinajstić information content (AvgIpc) is 2.43. The first kappa shape index (κ1) is 21.1. The molecule has 0 rings (SSSR count). The van der Waals surface area contributed by atoms with Crippen LogP contribution >= 0.6 is 0 Å². The monoisotopic (exact) mass is 279 g/mol. The van der Waals surface area contributed by atoms with Crippen molar-refractivity contribution < 1.29 is 18.9 Å². The van der Waals surface area contributed by atoms with Gasteiger partial charge in [-0.25, -0.2) is 0 Å². The second-order valence-corrected chi connectivity index (χ2v) is 3.97. The molecule has 0 aliphatic rings. The first-order valence-electron chi connectivity index (χ1n) is 7.25. The fourth-order valence-electron chi connectivity index (χ4n) is 1.12. The van der Waals surface area contributed by atoms with Gasteiger partial charge in [0.15, 0.2) is 0 Å². The van der Waals surface area contributed by atoms with Gasteiger partial charge in [0.25, 0.3) is 0 Å². The van der Waals surface area contributed by atoms with E-state index in [1.807, 2.05) is 0 Å². The van der Waals surface area contributed by atoms with Crippen molar-refractivity contribution in [1.82, 2.24) is 0 Å². The summed E-state index contributed by atoms with van der Waals surface area (Å²) in [6.45, 7) is 9.18. The van der Waals surface area contributed by atoms with E-state index < -0.39 is 0 Å². The van der Waals surface area contributed by atoms with Crippen molar-refractivity contribution in [3.05, 3.63) is 0 Å². The van der Waals surface area contributed by atoms with E-state index in [0.717, 1.165) is 0 Å². The molecule has 0 radical (unpaired) electrons. The smallest absolute Gasteiger partial charge is 0.0701 e. The molecule has 0 atom stereocenters. The zero-order valence-electron chi connectivity index (χ0n) is 13.0. The highest BCUT2D eigenvalue weighted by Crippen LogP contribution is 1.88. The minimum absolute atomic E-state index is 0.556. The summed E-state index contributed by atoms with van der Waals surface area (Å²) in [5, 5.41) is 0. The highest BCUT2D eigenvalue weighted by Gasteiger charge is 1.90. The summed E-state index contributed by atoms with van der Waals surface area (Å²) in [7, 11) is 1.65. The molecule has 0 saturated carbocycles. The van der Waals surface area contributed by atoms with E-state index in [-0.39, 0.29) is 0 Å². The Morgan fingerprint density at radius 3 is 1.42 bits per heavy atom. The quantitative estimate of drug-likeness (QED) is 0.521. The predicted octanol–water partition coefficient (Wildman–Crippen LogP) is 1.84. The minimum Gasteiger partial charge on any atom is -0.382 e. The van der Waals surface area contributed by atoms with E-state index in [1.165, 1.54) is 19.3 Å². The minimum atomic E-state index is 0.556. The van der Waals surface area contributed by atoms with Crippen molar-refractivity contribution in [1.29, 1.82) is 0 Å². The Morgan fingerprint density at radius 1 is 0.684 bits per heavy atom. The largest absolute Gasteiger partial charge is 0.382 e. The van der Waals surface area contributed by atoms with Gasteiger partial charge in [0.05, 0.1) is 46.2 Å². The van der Waals surface area contributed by atoms with Crippen LogP contribution in [0.4, 0.5) is 0 Å². The predicted molar refractivity (Wildman–Crippen MR) is 78.6 cm³/mol. The van der Waals surface area contributed by atoms with Crippen LogP contribution in [0, 0.1) is 0 Å². The van der Waals surface area contributed by atoms with Gasteiger partial charge in [-0.05, 0) is 0 Å². The third kappa shape index (κ3) is 27.1. The van der Waals surface area contributed by atoms with Crippen molar-refractivity contribution >= 4 is 0 Å². The number of nitrogens with two attached hydrogens (primary N) is 1. The Hall–Kier alpha value is -0.200. The molecule has 0 unspecified atom stereocenters. The van der Waals surface area contributed by atoms with E-state index in [4.69, 9.17) is 24.7 Å². The SMILES string of the molecule is CCCCC.COCCOCCOCCOCCN. The van der Waals surface area contributed by atoms with Gasteiger partial charge in [0, 0.05) is 13.7 Å². The van der Waals surface area contributed by atoms with Crippen molar-refractivity contribution in [2.45, 2.75) is 33.1 Å². The fourth-order valence-corrected chi connectivity index (χ4v) is 1.12. The average molecular weight is 279 g/mol. The van der Waals surface area contributed by atoms with E-state index >= 15 is 0 Å². The van der Waals surface area contributed by atoms with Crippen LogP contribution in [-0.2, 0) is 18.9 Å². The normalized spacial score (nSPS) is 10.1. The first-order valence-corrected chi connectivity index (χ1v) is 7.25. The molecule has 118 valence electrons. The Labute approximate surface area is 118 Å². The first-order chi connectivity index (χ1) is 9.33. The zero-order chi connectivity index (χ0) is 14.6. The van der Waals surface area contributed by atoms with E-state index in [1.54, 1.807) is 7.11 Å². The lowest BCUT2D eigenvalue weighted by atomic mass is 10.3. The molecule has 0 aromatic rings. The maximum atomic E-state index is 5.24. The molecule has 5 heteroatoms. The van der Waals surface area contributed by atoms with Crippen LogP contribution in [0.1, 0.15) is 33.1 Å². The van der Waals surface area contributed by atoms with E-state index in [2.05, 4.69) is 13.8 Å². The Morgan fingerprint density at radius 2 is 1.11 bits per heavy atom. The summed E-state index contributed by atoms with van der Waals surface area (Å²) in [6.07, 6.45) is 4.08. The standard InChI is InChI=1S/C9H21NO4.C5H12/c1-11-4-5-13-8-9-14-7-6-12-3-2-10;1-3-5-4-2/h2-10H2,1H3;3-5H2,1-2H3. The summed E-state index contributed by atoms with van der Waals surface area (Å²) in [5.74, 6) is 0. The molecule has 0 fully saturated rings. The Bertz CT molecular complexity index is 123. The van der Waals surface area contributed by atoms with Crippen LogP contribution in [0.25, 0.3) is 0 Å². The van der Waals surface area contributed by atoms with Gasteiger partial charge in [-0.3, -0.25) is 0 Å². The van der Waals surface area contributed by atoms with Crippen LogP contribution in [-0.4, -0.2) is 59.9 Å². The second kappa shape index (κ2) is 22.9. The molecule has 0 aliphatic heterocycles. The summed E-state index contributed by atoms with van der Waals surface area (Å²) < 4.78 is 20.4. The molecule has 2 N–H and O–H groups in total. The van der Waals surface area contributed by atoms with Crippen LogP contribution in [0.5, 0.6) is 0 Å².